The fourth-order valence-corrected chi connectivity index (χ4v) is 2.94. The van der Waals surface area contributed by atoms with Crippen LogP contribution in [0.3, 0.4) is 0 Å². The molecular weight excluding hydrogens is 271 g/mol. The zero-order chi connectivity index (χ0) is 14.8. The quantitative estimate of drug-likeness (QED) is 0.670. The molecule has 0 radical (unpaired) electrons. The average Bonchev–Trinajstić information content (AvgIpc) is 2.76. The van der Waals surface area contributed by atoms with Crippen molar-refractivity contribution in [3.63, 3.8) is 0 Å². The van der Waals surface area contributed by atoms with Crippen LogP contribution in [0.1, 0.15) is 32.1 Å². The molecule has 0 atom stereocenters. The van der Waals surface area contributed by atoms with Crippen LogP contribution in [0.4, 0.5) is 14.9 Å². The van der Waals surface area contributed by atoms with Crippen LogP contribution in [-0.2, 0) is 4.79 Å². The molecule has 0 unspecified atom stereocenters. The van der Waals surface area contributed by atoms with Gasteiger partial charge in [0.2, 0.25) is 0 Å². The lowest BCUT2D eigenvalue weighted by atomic mass is 9.88. The van der Waals surface area contributed by atoms with E-state index in [9.17, 15) is 14.0 Å². The number of para-hydroxylation sites is 1. The second kappa shape index (κ2) is 5.68. The number of anilines is 1. The highest BCUT2D eigenvalue weighted by Gasteiger charge is 2.36. The van der Waals surface area contributed by atoms with E-state index in [0.717, 1.165) is 30.6 Å². The summed E-state index contributed by atoms with van der Waals surface area (Å²) in [4.78, 5) is 25.2. The molecule has 1 aromatic carbocycles. The van der Waals surface area contributed by atoms with Crippen molar-refractivity contribution in [2.75, 3.05) is 4.90 Å². The summed E-state index contributed by atoms with van der Waals surface area (Å²) in [7, 11) is 0. The van der Waals surface area contributed by atoms with E-state index in [4.69, 9.17) is 0 Å². The third-order valence-electron chi connectivity index (χ3n) is 4.02. The van der Waals surface area contributed by atoms with Crippen LogP contribution in [0.5, 0.6) is 0 Å². The maximum Gasteiger partial charge on any atom is 0.333 e. The molecular formula is C16H17FN2O2. The Kier molecular flexibility index (Phi) is 3.73. The number of carbonyl (C=O) groups is 2. The molecule has 110 valence electrons. The Bertz CT molecular complexity index is 606. The molecule has 3 amide bonds. The Morgan fingerprint density at radius 3 is 2.57 bits per heavy atom. The van der Waals surface area contributed by atoms with Crippen LogP contribution >= 0.6 is 0 Å². The highest BCUT2D eigenvalue weighted by atomic mass is 19.1. The third kappa shape index (κ3) is 2.68. The number of imide groups is 1. The summed E-state index contributed by atoms with van der Waals surface area (Å²) in [5, 5.41) is 2.56. The van der Waals surface area contributed by atoms with Gasteiger partial charge in [-0.15, -0.1) is 0 Å². The first-order valence-electron chi connectivity index (χ1n) is 7.28. The standard InChI is InChI=1S/C16H17FN2O2/c17-12-8-4-5-9-14(12)19-15(20)13(18-16(19)21)10-11-6-2-1-3-7-11/h4-5,8-11H,1-3,6-7H2,(H,18,21). The largest absolute Gasteiger partial charge is 0.333 e. The molecule has 1 aromatic rings. The lowest BCUT2D eigenvalue weighted by molar-refractivity contribution is -0.114. The SMILES string of the molecule is O=C1NC(=CC2CCCCC2)C(=O)N1c1ccccc1F. The summed E-state index contributed by atoms with van der Waals surface area (Å²) >= 11 is 0. The van der Waals surface area contributed by atoms with Crippen LogP contribution in [0, 0.1) is 11.7 Å². The first-order valence-corrected chi connectivity index (χ1v) is 7.28. The smallest absolute Gasteiger partial charge is 0.303 e. The Morgan fingerprint density at radius 1 is 1.14 bits per heavy atom. The van der Waals surface area contributed by atoms with Crippen LogP contribution in [0.25, 0.3) is 0 Å². The average molecular weight is 288 g/mol. The minimum Gasteiger partial charge on any atom is -0.303 e. The summed E-state index contributed by atoms with van der Waals surface area (Å²) in [6.45, 7) is 0. The van der Waals surface area contributed by atoms with Crippen molar-refractivity contribution in [1.29, 1.82) is 0 Å². The van der Waals surface area contributed by atoms with E-state index in [0.29, 0.717) is 5.92 Å². The van der Waals surface area contributed by atoms with Gasteiger partial charge in [0.05, 0.1) is 5.69 Å². The van der Waals surface area contributed by atoms with Gasteiger partial charge in [-0.2, -0.15) is 0 Å². The van der Waals surface area contributed by atoms with Gasteiger partial charge >= 0.3 is 6.03 Å². The fraction of sp³-hybridized carbons (Fsp3) is 0.375. The van der Waals surface area contributed by atoms with Crippen molar-refractivity contribution in [2.24, 2.45) is 5.92 Å². The molecule has 0 bridgehead atoms. The maximum absolute atomic E-state index is 13.8. The molecule has 1 aliphatic heterocycles. The monoisotopic (exact) mass is 288 g/mol. The molecule has 1 aliphatic carbocycles. The van der Waals surface area contributed by atoms with E-state index in [-0.39, 0.29) is 11.4 Å². The van der Waals surface area contributed by atoms with Crippen molar-refractivity contribution in [3.05, 3.63) is 41.9 Å². The number of allylic oxidation sites excluding steroid dienone is 1. The molecule has 2 fully saturated rings. The van der Waals surface area contributed by atoms with E-state index in [1.165, 1.54) is 24.6 Å². The zero-order valence-corrected chi connectivity index (χ0v) is 11.6. The number of halogens is 1. The third-order valence-corrected chi connectivity index (χ3v) is 4.02. The normalized spacial score (nSPS) is 22.0. The maximum atomic E-state index is 13.8. The van der Waals surface area contributed by atoms with Gasteiger partial charge < -0.3 is 5.32 Å². The first kappa shape index (κ1) is 13.8. The van der Waals surface area contributed by atoms with Gasteiger partial charge in [0.15, 0.2) is 0 Å². The summed E-state index contributed by atoms with van der Waals surface area (Å²) < 4.78 is 13.8. The number of urea groups is 1. The van der Waals surface area contributed by atoms with Crippen LogP contribution < -0.4 is 10.2 Å². The van der Waals surface area contributed by atoms with Crippen molar-refractivity contribution >= 4 is 17.6 Å². The Hall–Kier alpha value is -2.17. The van der Waals surface area contributed by atoms with Gasteiger partial charge in [-0.1, -0.05) is 37.5 Å². The number of hydrogen-bond acceptors (Lipinski definition) is 2. The van der Waals surface area contributed by atoms with Crippen molar-refractivity contribution in [3.8, 4) is 0 Å². The number of benzene rings is 1. The number of carbonyl (C=O) groups excluding carboxylic acids is 2. The van der Waals surface area contributed by atoms with Gasteiger partial charge in [-0.25, -0.2) is 14.1 Å². The number of rotatable bonds is 2. The second-order valence-electron chi connectivity index (χ2n) is 5.50. The van der Waals surface area contributed by atoms with Gasteiger partial charge in [-0.3, -0.25) is 4.79 Å². The van der Waals surface area contributed by atoms with E-state index in [1.807, 2.05) is 6.08 Å². The zero-order valence-electron chi connectivity index (χ0n) is 11.6. The van der Waals surface area contributed by atoms with Crippen LogP contribution in [-0.4, -0.2) is 11.9 Å². The van der Waals surface area contributed by atoms with Gasteiger partial charge in [0, 0.05) is 0 Å². The Labute approximate surface area is 122 Å². The summed E-state index contributed by atoms with van der Waals surface area (Å²) in [5.74, 6) is -0.742. The highest BCUT2D eigenvalue weighted by Crippen LogP contribution is 2.28. The van der Waals surface area contributed by atoms with E-state index < -0.39 is 17.8 Å². The number of hydrogen-bond donors (Lipinski definition) is 1. The highest BCUT2D eigenvalue weighted by molar-refractivity contribution is 6.26. The predicted molar refractivity (Wildman–Crippen MR) is 77.1 cm³/mol. The molecule has 1 saturated heterocycles. The second-order valence-corrected chi connectivity index (χ2v) is 5.50. The molecule has 1 N–H and O–H groups in total. The predicted octanol–water partition coefficient (Wildman–Crippen LogP) is 3.35. The minimum atomic E-state index is -0.591. The molecule has 5 heteroatoms. The molecule has 0 aromatic heterocycles. The topological polar surface area (TPSA) is 49.4 Å². The van der Waals surface area contributed by atoms with E-state index >= 15 is 0 Å². The lowest BCUT2D eigenvalue weighted by Crippen LogP contribution is -2.31. The van der Waals surface area contributed by atoms with E-state index in [2.05, 4.69) is 5.32 Å². The fourth-order valence-electron chi connectivity index (χ4n) is 2.94. The molecule has 3 rings (SSSR count). The summed E-state index contributed by atoms with van der Waals surface area (Å²) in [6.07, 6.45) is 7.42. The lowest BCUT2D eigenvalue weighted by Gasteiger charge is -2.18. The van der Waals surface area contributed by atoms with Crippen molar-refractivity contribution in [2.45, 2.75) is 32.1 Å². The minimum absolute atomic E-state index is 0.00737. The van der Waals surface area contributed by atoms with Crippen molar-refractivity contribution in [1.82, 2.24) is 5.32 Å². The van der Waals surface area contributed by atoms with Crippen LogP contribution in [0.2, 0.25) is 0 Å². The summed E-state index contributed by atoms with van der Waals surface area (Å²) in [5.41, 5.74) is 0.266. The first-order chi connectivity index (χ1) is 10.2. The number of nitrogens with one attached hydrogen (secondary N) is 1. The molecule has 1 saturated carbocycles. The molecule has 21 heavy (non-hydrogen) atoms. The van der Waals surface area contributed by atoms with Gasteiger partial charge in [0.25, 0.3) is 5.91 Å². The Balaban J connectivity index is 1.85. The van der Waals surface area contributed by atoms with Gasteiger partial charge in [-0.05, 0) is 30.9 Å². The number of amides is 3. The number of nitrogens with zero attached hydrogens (tertiary/aromatic N) is 1. The molecule has 4 nitrogen and oxygen atoms in total. The molecule has 2 aliphatic rings. The summed E-state index contributed by atoms with van der Waals surface area (Å²) in [6, 6.07) is 5.19. The van der Waals surface area contributed by atoms with Crippen molar-refractivity contribution < 1.29 is 14.0 Å². The van der Waals surface area contributed by atoms with Gasteiger partial charge in [0.1, 0.15) is 11.5 Å². The van der Waals surface area contributed by atoms with Crippen LogP contribution in [0.15, 0.2) is 36.0 Å². The Morgan fingerprint density at radius 2 is 1.86 bits per heavy atom. The van der Waals surface area contributed by atoms with E-state index in [1.54, 1.807) is 6.07 Å². The molecule has 1 heterocycles. The molecule has 0 spiro atoms.